The second-order valence-corrected chi connectivity index (χ2v) is 10.3. The van der Waals surface area contributed by atoms with Crippen molar-refractivity contribution in [2.24, 2.45) is 5.92 Å². The van der Waals surface area contributed by atoms with Crippen LogP contribution in [0.4, 0.5) is 10.7 Å². The molecule has 2 saturated heterocycles. The minimum atomic E-state index is -0.323. The number of benzene rings is 1. The molecule has 4 heterocycles. The molecule has 2 fully saturated rings. The predicted molar refractivity (Wildman–Crippen MR) is 141 cm³/mol. The predicted octanol–water partition coefficient (Wildman–Crippen LogP) is 3.84. The van der Waals surface area contributed by atoms with Gasteiger partial charge in [0.1, 0.15) is 12.7 Å². The van der Waals surface area contributed by atoms with E-state index >= 15 is 0 Å². The number of fused-ring (bicyclic) bond motifs is 1. The first-order valence-corrected chi connectivity index (χ1v) is 13.4. The topological polar surface area (TPSA) is 106 Å². The highest BCUT2D eigenvalue weighted by molar-refractivity contribution is 5.67. The van der Waals surface area contributed by atoms with Gasteiger partial charge in [0.05, 0.1) is 12.7 Å². The fraction of sp³-hybridized carbons (Fsp3) is 0.556. The summed E-state index contributed by atoms with van der Waals surface area (Å²) >= 11 is 0. The number of rotatable bonds is 8. The zero-order valence-corrected chi connectivity index (χ0v) is 21.7. The van der Waals surface area contributed by atoms with Crippen LogP contribution in [0.3, 0.4) is 0 Å². The summed E-state index contributed by atoms with van der Waals surface area (Å²) in [5, 5.41) is 11.5. The van der Waals surface area contributed by atoms with Crippen LogP contribution in [0, 0.1) is 5.92 Å². The number of hydrogen-bond donors (Lipinski definition) is 2. The zero-order chi connectivity index (χ0) is 25.6. The molecule has 198 valence electrons. The van der Waals surface area contributed by atoms with Gasteiger partial charge >= 0.3 is 12.1 Å². The molecular weight excluding hydrogens is 470 g/mol. The molecule has 0 saturated carbocycles. The van der Waals surface area contributed by atoms with Gasteiger partial charge in [0.15, 0.2) is 5.65 Å². The molecule has 5 rings (SSSR count). The molecule has 0 bridgehead atoms. The molecule has 3 aromatic rings. The van der Waals surface area contributed by atoms with Crippen LogP contribution < -0.4 is 15.4 Å². The third-order valence-corrected chi connectivity index (χ3v) is 7.12. The van der Waals surface area contributed by atoms with Gasteiger partial charge in [-0.05, 0) is 56.2 Å². The number of aromatic nitrogens is 4. The van der Waals surface area contributed by atoms with Crippen molar-refractivity contribution in [3.8, 4) is 6.01 Å². The molecule has 10 nitrogen and oxygen atoms in total. The summed E-state index contributed by atoms with van der Waals surface area (Å²) in [4.78, 5) is 23.9. The Morgan fingerprint density at radius 3 is 2.76 bits per heavy atom. The van der Waals surface area contributed by atoms with E-state index in [1.807, 2.05) is 36.5 Å². The van der Waals surface area contributed by atoms with E-state index in [2.05, 4.69) is 29.6 Å². The molecule has 1 aromatic carbocycles. The highest BCUT2D eigenvalue weighted by Gasteiger charge is 2.27. The minimum Gasteiger partial charge on any atom is -0.458 e. The van der Waals surface area contributed by atoms with Crippen LogP contribution in [0.25, 0.3) is 5.65 Å². The minimum absolute atomic E-state index is 0.205. The lowest BCUT2D eigenvalue weighted by Crippen LogP contribution is -2.44. The van der Waals surface area contributed by atoms with E-state index in [4.69, 9.17) is 19.4 Å². The first-order chi connectivity index (χ1) is 18.1. The summed E-state index contributed by atoms with van der Waals surface area (Å²) in [7, 11) is 0. The van der Waals surface area contributed by atoms with Crippen molar-refractivity contribution in [3.05, 3.63) is 47.7 Å². The molecular formula is C27H37N7O3. The number of carbonyl (C=O) groups is 1. The Labute approximate surface area is 217 Å². The van der Waals surface area contributed by atoms with Gasteiger partial charge < -0.3 is 25.0 Å². The van der Waals surface area contributed by atoms with E-state index in [0.717, 1.165) is 62.1 Å². The number of likely N-dealkylation sites (tertiary alicyclic amines) is 1. The normalized spacial score (nSPS) is 18.8. The maximum Gasteiger partial charge on any atom is 0.410 e. The van der Waals surface area contributed by atoms with Crippen molar-refractivity contribution < 1.29 is 14.3 Å². The van der Waals surface area contributed by atoms with Crippen molar-refractivity contribution in [2.75, 3.05) is 38.0 Å². The molecule has 0 aliphatic carbocycles. The largest absolute Gasteiger partial charge is 0.458 e. The number of nitrogens with one attached hydrogen (secondary N) is 2. The lowest BCUT2D eigenvalue weighted by molar-refractivity contribution is 0.0520. The highest BCUT2D eigenvalue weighted by atomic mass is 16.6. The zero-order valence-electron chi connectivity index (χ0n) is 21.7. The third-order valence-electron chi connectivity index (χ3n) is 7.12. The van der Waals surface area contributed by atoms with Gasteiger partial charge in [-0.25, -0.2) is 4.79 Å². The van der Waals surface area contributed by atoms with Crippen molar-refractivity contribution in [2.45, 2.75) is 58.2 Å². The molecule has 37 heavy (non-hydrogen) atoms. The Kier molecular flexibility index (Phi) is 8.03. The maximum absolute atomic E-state index is 12.7. The SMILES string of the molecule is CC(C)c1cnn2c(NCC3CCNCC3)nc(O[C@H]3CCCN(C(=O)OCc4ccccc4)C3)nc12. The molecule has 0 unspecified atom stereocenters. The summed E-state index contributed by atoms with van der Waals surface area (Å²) < 4.78 is 13.6. The van der Waals surface area contributed by atoms with Gasteiger partial charge in [0.2, 0.25) is 5.95 Å². The van der Waals surface area contributed by atoms with Crippen LogP contribution in [0.15, 0.2) is 36.5 Å². The van der Waals surface area contributed by atoms with Crippen molar-refractivity contribution in [1.82, 2.24) is 29.8 Å². The van der Waals surface area contributed by atoms with Crippen molar-refractivity contribution in [1.29, 1.82) is 0 Å². The summed E-state index contributed by atoms with van der Waals surface area (Å²) in [6, 6.07) is 10.0. The van der Waals surface area contributed by atoms with Crippen LogP contribution in [0.5, 0.6) is 6.01 Å². The fourth-order valence-electron chi connectivity index (χ4n) is 4.93. The van der Waals surface area contributed by atoms with Crippen molar-refractivity contribution in [3.63, 3.8) is 0 Å². The van der Waals surface area contributed by atoms with Crippen LogP contribution in [0.2, 0.25) is 0 Å². The number of piperidine rings is 2. The number of hydrogen-bond acceptors (Lipinski definition) is 8. The van der Waals surface area contributed by atoms with Gasteiger partial charge in [0.25, 0.3) is 0 Å². The molecule has 0 spiro atoms. The Hall–Kier alpha value is -3.40. The number of carbonyl (C=O) groups excluding carboxylic acids is 1. The van der Waals surface area contributed by atoms with E-state index < -0.39 is 0 Å². The number of nitrogens with zero attached hydrogens (tertiary/aromatic N) is 5. The second kappa shape index (κ2) is 11.8. The average Bonchev–Trinajstić information content (AvgIpc) is 3.36. The lowest BCUT2D eigenvalue weighted by atomic mass is 9.98. The summed E-state index contributed by atoms with van der Waals surface area (Å²) in [6.45, 7) is 8.52. The summed E-state index contributed by atoms with van der Waals surface area (Å²) in [6.07, 6.45) is 5.26. The molecule has 2 N–H and O–H groups in total. The summed E-state index contributed by atoms with van der Waals surface area (Å²) in [5.74, 6) is 1.49. The molecule has 1 amide bonds. The molecule has 2 aromatic heterocycles. The van der Waals surface area contributed by atoms with Gasteiger partial charge in [-0.3, -0.25) is 0 Å². The number of anilines is 1. The highest BCUT2D eigenvalue weighted by Crippen LogP contribution is 2.25. The van der Waals surface area contributed by atoms with Crippen LogP contribution in [0.1, 0.15) is 56.6 Å². The van der Waals surface area contributed by atoms with Crippen LogP contribution in [-0.2, 0) is 11.3 Å². The molecule has 2 aliphatic rings. The lowest BCUT2D eigenvalue weighted by Gasteiger charge is -2.31. The Morgan fingerprint density at radius 2 is 1.97 bits per heavy atom. The summed E-state index contributed by atoms with van der Waals surface area (Å²) in [5.41, 5.74) is 2.77. The van der Waals surface area contributed by atoms with Crippen LogP contribution >= 0.6 is 0 Å². The molecule has 10 heteroatoms. The molecule has 0 radical (unpaired) electrons. The van der Waals surface area contributed by atoms with E-state index in [1.165, 1.54) is 0 Å². The smallest absolute Gasteiger partial charge is 0.410 e. The Bertz CT molecular complexity index is 1180. The van der Waals surface area contributed by atoms with E-state index in [1.54, 1.807) is 9.42 Å². The van der Waals surface area contributed by atoms with Gasteiger partial charge in [0, 0.05) is 18.7 Å². The number of amides is 1. The van der Waals surface area contributed by atoms with Gasteiger partial charge in [-0.15, -0.1) is 0 Å². The van der Waals surface area contributed by atoms with Crippen molar-refractivity contribution >= 4 is 17.7 Å². The van der Waals surface area contributed by atoms with E-state index in [-0.39, 0.29) is 24.7 Å². The average molecular weight is 508 g/mol. The van der Waals surface area contributed by atoms with Gasteiger partial charge in [-0.2, -0.15) is 19.6 Å². The molecule has 2 aliphatic heterocycles. The fourth-order valence-corrected chi connectivity index (χ4v) is 4.93. The quantitative estimate of drug-likeness (QED) is 0.474. The van der Waals surface area contributed by atoms with Crippen LogP contribution in [-0.4, -0.2) is 69.4 Å². The third kappa shape index (κ3) is 6.30. The maximum atomic E-state index is 12.7. The van der Waals surface area contributed by atoms with E-state index in [9.17, 15) is 4.79 Å². The van der Waals surface area contributed by atoms with E-state index in [0.29, 0.717) is 31.0 Å². The first-order valence-electron chi connectivity index (χ1n) is 13.4. The first kappa shape index (κ1) is 25.3. The van der Waals surface area contributed by atoms with Gasteiger partial charge in [-0.1, -0.05) is 44.2 Å². The second-order valence-electron chi connectivity index (χ2n) is 10.3. The standard InChI is InChI=1S/C27H37N7O3/c1-19(2)23-16-30-34-24(23)31-26(32-25(34)29-15-20-10-12-28-13-11-20)37-22-9-6-14-33(17-22)27(35)36-18-21-7-4-3-5-8-21/h3-5,7-8,16,19-20,22,28H,6,9-15,17-18H2,1-2H3,(H,29,31,32)/t22-/m0/s1. The molecule has 1 atom stereocenters. The Morgan fingerprint density at radius 1 is 1.16 bits per heavy atom. The number of ether oxygens (including phenoxy) is 2. The monoisotopic (exact) mass is 507 g/mol. The Balaban J connectivity index is 1.27.